The van der Waals surface area contributed by atoms with Crippen LogP contribution in [0.1, 0.15) is 10.5 Å². The Labute approximate surface area is 78.4 Å². The second-order valence-electron chi connectivity index (χ2n) is 2.72. The van der Waals surface area contributed by atoms with E-state index < -0.39 is 5.97 Å². The summed E-state index contributed by atoms with van der Waals surface area (Å²) < 4.78 is 1.67. The van der Waals surface area contributed by atoms with Crippen molar-refractivity contribution in [2.24, 2.45) is 7.05 Å². The molecule has 0 bridgehead atoms. The number of nitrogens with one attached hydrogen (secondary N) is 1. The number of hydrogen-bond donors (Lipinski definition) is 2. The number of carboxylic acid groups (broad SMARTS) is 1. The van der Waals surface area contributed by atoms with E-state index in [0.717, 1.165) is 0 Å². The maximum atomic E-state index is 10.7. The molecule has 0 aromatic carbocycles. The molecule has 7 nitrogen and oxygen atoms in total. The van der Waals surface area contributed by atoms with Gasteiger partial charge in [0.1, 0.15) is 5.69 Å². The topological polar surface area (TPSA) is 96.7 Å². The minimum absolute atomic E-state index is 0.103. The monoisotopic (exact) mass is 193 g/mol. The first-order chi connectivity index (χ1) is 6.70. The molecule has 0 saturated carbocycles. The van der Waals surface area contributed by atoms with E-state index in [1.54, 1.807) is 17.9 Å². The summed E-state index contributed by atoms with van der Waals surface area (Å²) in [6.45, 7) is 0. The Morgan fingerprint density at radius 2 is 2.36 bits per heavy atom. The molecule has 0 fully saturated rings. The van der Waals surface area contributed by atoms with Crippen molar-refractivity contribution in [1.29, 1.82) is 0 Å². The van der Waals surface area contributed by atoms with Gasteiger partial charge in [0.15, 0.2) is 5.69 Å². The lowest BCUT2D eigenvalue weighted by Gasteiger charge is -1.97. The third kappa shape index (κ3) is 1.15. The van der Waals surface area contributed by atoms with Crippen LogP contribution in [-0.4, -0.2) is 36.0 Å². The lowest BCUT2D eigenvalue weighted by Crippen LogP contribution is -2.01. The van der Waals surface area contributed by atoms with Gasteiger partial charge in [0.2, 0.25) is 0 Å². The largest absolute Gasteiger partial charge is 0.476 e. The minimum atomic E-state index is -1.12. The number of hydrogen-bond acceptors (Lipinski definition) is 4. The summed E-state index contributed by atoms with van der Waals surface area (Å²) in [5.74, 6) is -1.12. The Balaban J connectivity index is 2.57. The molecule has 0 aliphatic heterocycles. The molecule has 0 spiro atoms. The van der Waals surface area contributed by atoms with Crippen LogP contribution in [0.5, 0.6) is 0 Å². The average molecular weight is 193 g/mol. The van der Waals surface area contributed by atoms with E-state index in [-0.39, 0.29) is 11.4 Å². The van der Waals surface area contributed by atoms with E-state index in [9.17, 15) is 4.79 Å². The molecule has 0 radical (unpaired) electrons. The molecular formula is C7H7N5O2. The Morgan fingerprint density at radius 1 is 1.57 bits per heavy atom. The van der Waals surface area contributed by atoms with Gasteiger partial charge in [-0.25, -0.2) is 9.78 Å². The fourth-order valence-corrected chi connectivity index (χ4v) is 1.14. The van der Waals surface area contributed by atoms with Crippen LogP contribution in [0.2, 0.25) is 0 Å². The molecule has 72 valence electrons. The van der Waals surface area contributed by atoms with Crippen molar-refractivity contribution in [2.45, 2.75) is 0 Å². The highest BCUT2D eigenvalue weighted by molar-refractivity contribution is 5.91. The number of aromatic carboxylic acids is 1. The Bertz CT molecular complexity index is 472. The highest BCUT2D eigenvalue weighted by Crippen LogP contribution is 2.17. The lowest BCUT2D eigenvalue weighted by molar-refractivity contribution is 0.0691. The van der Waals surface area contributed by atoms with Gasteiger partial charge in [-0.15, -0.1) is 5.10 Å². The molecule has 0 aliphatic rings. The summed E-state index contributed by atoms with van der Waals surface area (Å²) in [4.78, 5) is 14.6. The molecule has 0 unspecified atom stereocenters. The number of aromatic amines is 1. The molecule has 14 heavy (non-hydrogen) atoms. The Kier molecular flexibility index (Phi) is 1.77. The lowest BCUT2D eigenvalue weighted by atomic mass is 10.2. The molecule has 7 heteroatoms. The summed E-state index contributed by atoms with van der Waals surface area (Å²) in [5, 5.41) is 18.4. The van der Waals surface area contributed by atoms with Crippen LogP contribution in [0.4, 0.5) is 0 Å². The van der Waals surface area contributed by atoms with E-state index in [2.05, 4.69) is 20.4 Å². The predicted octanol–water partition coefficient (Wildman–Crippen LogP) is -0.0966. The van der Waals surface area contributed by atoms with Crippen molar-refractivity contribution in [3.63, 3.8) is 0 Å². The first-order valence-electron chi connectivity index (χ1n) is 3.81. The standard InChI is InChI=1S/C7H7N5O2/c1-12-3-8-2-4(12)5-6(7(13)14)10-11-9-5/h2-3H,1H3,(H,13,14)(H,9,10,11). The maximum absolute atomic E-state index is 10.7. The van der Waals surface area contributed by atoms with Gasteiger partial charge < -0.3 is 9.67 Å². The van der Waals surface area contributed by atoms with Crippen LogP contribution in [0.15, 0.2) is 12.5 Å². The molecule has 2 N–H and O–H groups in total. The second kappa shape index (κ2) is 2.95. The van der Waals surface area contributed by atoms with Gasteiger partial charge in [-0.1, -0.05) is 0 Å². The third-order valence-electron chi connectivity index (χ3n) is 1.81. The number of imidazole rings is 1. The zero-order chi connectivity index (χ0) is 10.1. The molecule has 0 aliphatic carbocycles. The van der Waals surface area contributed by atoms with Gasteiger partial charge in [-0.3, -0.25) is 0 Å². The van der Waals surface area contributed by atoms with Crippen molar-refractivity contribution in [2.75, 3.05) is 0 Å². The number of rotatable bonds is 2. The fraction of sp³-hybridized carbons (Fsp3) is 0.143. The van der Waals surface area contributed by atoms with Crippen molar-refractivity contribution in [3.05, 3.63) is 18.2 Å². The molecule has 2 aromatic rings. The maximum Gasteiger partial charge on any atom is 0.358 e. The number of nitrogens with zero attached hydrogens (tertiary/aromatic N) is 4. The second-order valence-corrected chi connectivity index (χ2v) is 2.72. The smallest absolute Gasteiger partial charge is 0.358 e. The zero-order valence-corrected chi connectivity index (χ0v) is 7.30. The van der Waals surface area contributed by atoms with Crippen LogP contribution in [-0.2, 0) is 7.05 Å². The fourth-order valence-electron chi connectivity index (χ4n) is 1.14. The van der Waals surface area contributed by atoms with E-state index >= 15 is 0 Å². The normalized spacial score (nSPS) is 10.4. The van der Waals surface area contributed by atoms with Crippen LogP contribution in [0, 0.1) is 0 Å². The first kappa shape index (κ1) is 8.42. The SMILES string of the molecule is Cn1cncc1-c1n[nH]nc1C(=O)O. The molecule has 2 heterocycles. The summed E-state index contributed by atoms with van der Waals surface area (Å²) in [6, 6.07) is 0. The van der Waals surface area contributed by atoms with E-state index in [1.165, 1.54) is 6.20 Å². The minimum Gasteiger partial charge on any atom is -0.476 e. The third-order valence-corrected chi connectivity index (χ3v) is 1.81. The predicted molar refractivity (Wildman–Crippen MR) is 45.5 cm³/mol. The van der Waals surface area contributed by atoms with Crippen LogP contribution in [0.25, 0.3) is 11.4 Å². The number of carbonyl (C=O) groups is 1. The highest BCUT2D eigenvalue weighted by atomic mass is 16.4. The average Bonchev–Trinajstić information content (AvgIpc) is 2.70. The number of H-pyrrole nitrogens is 1. The van der Waals surface area contributed by atoms with Crippen molar-refractivity contribution in [3.8, 4) is 11.4 Å². The molecule has 0 saturated heterocycles. The van der Waals surface area contributed by atoms with Gasteiger partial charge in [-0.05, 0) is 0 Å². The number of aromatic nitrogens is 5. The van der Waals surface area contributed by atoms with Gasteiger partial charge in [0.05, 0.1) is 18.2 Å². The van der Waals surface area contributed by atoms with E-state index in [0.29, 0.717) is 5.69 Å². The van der Waals surface area contributed by atoms with Gasteiger partial charge in [-0.2, -0.15) is 10.3 Å². The van der Waals surface area contributed by atoms with Crippen molar-refractivity contribution in [1.82, 2.24) is 25.0 Å². The quantitative estimate of drug-likeness (QED) is 0.694. The summed E-state index contributed by atoms with van der Waals surface area (Å²) in [6.07, 6.45) is 3.10. The van der Waals surface area contributed by atoms with Crippen LogP contribution in [0.3, 0.4) is 0 Å². The van der Waals surface area contributed by atoms with Gasteiger partial charge in [0, 0.05) is 7.05 Å². The zero-order valence-electron chi connectivity index (χ0n) is 7.30. The number of carboxylic acids is 1. The van der Waals surface area contributed by atoms with Gasteiger partial charge >= 0.3 is 5.97 Å². The molecule has 2 aromatic heterocycles. The van der Waals surface area contributed by atoms with E-state index in [4.69, 9.17) is 5.11 Å². The Morgan fingerprint density at radius 3 is 2.93 bits per heavy atom. The van der Waals surface area contributed by atoms with Crippen molar-refractivity contribution < 1.29 is 9.90 Å². The molecular weight excluding hydrogens is 186 g/mol. The van der Waals surface area contributed by atoms with Crippen LogP contribution < -0.4 is 0 Å². The summed E-state index contributed by atoms with van der Waals surface area (Å²) in [7, 11) is 1.75. The number of aryl methyl sites for hydroxylation is 1. The first-order valence-corrected chi connectivity index (χ1v) is 3.81. The molecule has 0 atom stereocenters. The summed E-state index contributed by atoms with van der Waals surface area (Å²) in [5.41, 5.74) is 0.794. The Hall–Kier alpha value is -2.18. The van der Waals surface area contributed by atoms with E-state index in [1.807, 2.05) is 0 Å². The molecule has 0 amide bonds. The highest BCUT2D eigenvalue weighted by Gasteiger charge is 2.18. The van der Waals surface area contributed by atoms with Crippen molar-refractivity contribution >= 4 is 5.97 Å². The van der Waals surface area contributed by atoms with Crippen LogP contribution >= 0.6 is 0 Å². The van der Waals surface area contributed by atoms with Gasteiger partial charge in [0.25, 0.3) is 0 Å². The summed E-state index contributed by atoms with van der Waals surface area (Å²) >= 11 is 0. The molecule has 2 rings (SSSR count).